The zero-order valence-corrected chi connectivity index (χ0v) is 8.80. The van der Waals surface area contributed by atoms with E-state index < -0.39 is 0 Å². The topological polar surface area (TPSA) is 46.3 Å². The van der Waals surface area contributed by atoms with E-state index in [-0.39, 0.29) is 11.9 Å². The third-order valence-electron chi connectivity index (χ3n) is 2.66. The summed E-state index contributed by atoms with van der Waals surface area (Å²) in [6.45, 7) is 1.31. The molecule has 1 aromatic rings. The Morgan fingerprint density at radius 3 is 3.14 bits per heavy atom. The van der Waals surface area contributed by atoms with Crippen molar-refractivity contribution in [3.05, 3.63) is 22.4 Å². The second-order valence-electron chi connectivity index (χ2n) is 3.58. The van der Waals surface area contributed by atoms with E-state index in [0.29, 0.717) is 13.0 Å². The van der Waals surface area contributed by atoms with Crippen LogP contribution in [0.4, 0.5) is 0 Å². The lowest BCUT2D eigenvalue weighted by Gasteiger charge is -2.22. The number of nitrogens with two attached hydrogens (primary N) is 1. The standard InChI is InChI=1S/C10H14N2OS/c11-5-9-1-2-10(13)12(9)6-8-3-4-14-7-8/h3-4,7,9H,1-2,5-6,11H2. The van der Waals surface area contributed by atoms with Gasteiger partial charge in [0, 0.05) is 25.6 Å². The summed E-state index contributed by atoms with van der Waals surface area (Å²) in [6.07, 6.45) is 1.57. The summed E-state index contributed by atoms with van der Waals surface area (Å²) in [7, 11) is 0. The molecule has 1 aromatic heterocycles. The van der Waals surface area contributed by atoms with Crippen LogP contribution in [-0.4, -0.2) is 23.4 Å². The van der Waals surface area contributed by atoms with Gasteiger partial charge in [-0.25, -0.2) is 0 Å². The number of carbonyl (C=O) groups excluding carboxylic acids is 1. The van der Waals surface area contributed by atoms with Crippen LogP contribution in [0, 0.1) is 0 Å². The van der Waals surface area contributed by atoms with Crippen LogP contribution in [0.3, 0.4) is 0 Å². The van der Waals surface area contributed by atoms with Gasteiger partial charge in [0.1, 0.15) is 0 Å². The monoisotopic (exact) mass is 210 g/mol. The van der Waals surface area contributed by atoms with Crippen LogP contribution in [0.1, 0.15) is 18.4 Å². The van der Waals surface area contributed by atoms with Crippen molar-refractivity contribution in [2.24, 2.45) is 5.73 Å². The molecule has 0 aliphatic carbocycles. The minimum Gasteiger partial charge on any atom is -0.334 e. The summed E-state index contributed by atoms with van der Waals surface area (Å²) in [6, 6.07) is 2.31. The van der Waals surface area contributed by atoms with E-state index in [1.54, 1.807) is 11.3 Å². The summed E-state index contributed by atoms with van der Waals surface area (Å²) in [4.78, 5) is 13.4. The van der Waals surface area contributed by atoms with Crippen molar-refractivity contribution in [3.63, 3.8) is 0 Å². The molecule has 1 aliphatic rings. The van der Waals surface area contributed by atoms with E-state index in [2.05, 4.69) is 11.4 Å². The van der Waals surface area contributed by atoms with E-state index in [1.165, 1.54) is 5.56 Å². The quantitative estimate of drug-likeness (QED) is 0.814. The fourth-order valence-electron chi connectivity index (χ4n) is 1.83. The molecule has 2 rings (SSSR count). The maximum atomic E-state index is 11.5. The second-order valence-corrected chi connectivity index (χ2v) is 4.36. The zero-order valence-electron chi connectivity index (χ0n) is 7.98. The van der Waals surface area contributed by atoms with Crippen molar-refractivity contribution in [2.75, 3.05) is 6.54 Å². The third-order valence-corrected chi connectivity index (χ3v) is 3.39. The van der Waals surface area contributed by atoms with Gasteiger partial charge in [-0.15, -0.1) is 0 Å². The van der Waals surface area contributed by atoms with Crippen LogP contribution < -0.4 is 5.73 Å². The molecule has 0 aromatic carbocycles. The number of rotatable bonds is 3. The second kappa shape index (κ2) is 4.11. The number of likely N-dealkylation sites (tertiary alicyclic amines) is 1. The Morgan fingerprint density at radius 2 is 2.50 bits per heavy atom. The number of hydrogen-bond donors (Lipinski definition) is 1. The van der Waals surface area contributed by atoms with Gasteiger partial charge in [-0.1, -0.05) is 0 Å². The Hall–Kier alpha value is -0.870. The van der Waals surface area contributed by atoms with Gasteiger partial charge in [0.25, 0.3) is 0 Å². The average Bonchev–Trinajstić information content (AvgIpc) is 2.79. The van der Waals surface area contributed by atoms with Crippen molar-refractivity contribution >= 4 is 17.2 Å². The molecule has 0 radical (unpaired) electrons. The van der Waals surface area contributed by atoms with Crippen LogP contribution in [0.25, 0.3) is 0 Å². The highest BCUT2D eigenvalue weighted by Gasteiger charge is 2.29. The molecule has 1 aliphatic heterocycles. The first-order valence-corrected chi connectivity index (χ1v) is 5.76. The minimum atomic E-state index is 0.242. The maximum Gasteiger partial charge on any atom is 0.223 e. The Labute approximate surface area is 87.5 Å². The molecule has 1 unspecified atom stereocenters. The predicted octanol–water partition coefficient (Wildman–Crippen LogP) is 1.20. The van der Waals surface area contributed by atoms with Crippen molar-refractivity contribution in [1.82, 2.24) is 4.90 Å². The lowest BCUT2D eigenvalue weighted by Crippen LogP contribution is -2.37. The van der Waals surface area contributed by atoms with Crippen LogP contribution in [0.5, 0.6) is 0 Å². The van der Waals surface area contributed by atoms with Crippen LogP contribution in [0.2, 0.25) is 0 Å². The minimum absolute atomic E-state index is 0.242. The van der Waals surface area contributed by atoms with Gasteiger partial charge < -0.3 is 10.6 Å². The molecule has 3 nitrogen and oxygen atoms in total. The molecule has 1 fully saturated rings. The first-order valence-electron chi connectivity index (χ1n) is 4.82. The van der Waals surface area contributed by atoms with Crippen LogP contribution in [0.15, 0.2) is 16.8 Å². The summed E-state index contributed by atoms with van der Waals surface area (Å²) >= 11 is 1.66. The molecular weight excluding hydrogens is 196 g/mol. The number of nitrogens with zero attached hydrogens (tertiary/aromatic N) is 1. The molecule has 1 amide bonds. The van der Waals surface area contributed by atoms with Crippen LogP contribution in [-0.2, 0) is 11.3 Å². The first-order chi connectivity index (χ1) is 6.81. The van der Waals surface area contributed by atoms with E-state index in [1.807, 2.05) is 10.3 Å². The number of thiophene rings is 1. The van der Waals surface area contributed by atoms with E-state index in [0.717, 1.165) is 13.0 Å². The first kappa shape index (κ1) is 9.68. The molecule has 0 bridgehead atoms. The number of amides is 1. The Bertz CT molecular complexity index is 310. The molecule has 2 N–H and O–H groups in total. The van der Waals surface area contributed by atoms with E-state index in [4.69, 9.17) is 5.73 Å². The Balaban J connectivity index is 2.05. The molecule has 76 valence electrons. The van der Waals surface area contributed by atoms with Gasteiger partial charge in [-0.2, -0.15) is 11.3 Å². The number of hydrogen-bond acceptors (Lipinski definition) is 3. The van der Waals surface area contributed by atoms with Gasteiger partial charge in [0.05, 0.1) is 0 Å². The largest absolute Gasteiger partial charge is 0.334 e. The maximum absolute atomic E-state index is 11.5. The summed E-state index contributed by atoms with van der Waals surface area (Å²) in [5.74, 6) is 0.242. The molecular formula is C10H14N2OS. The lowest BCUT2D eigenvalue weighted by molar-refractivity contribution is -0.129. The molecule has 1 atom stereocenters. The van der Waals surface area contributed by atoms with Gasteiger partial charge >= 0.3 is 0 Å². The molecule has 14 heavy (non-hydrogen) atoms. The normalized spacial score (nSPS) is 21.9. The van der Waals surface area contributed by atoms with Gasteiger partial charge in [0.15, 0.2) is 0 Å². The van der Waals surface area contributed by atoms with E-state index in [9.17, 15) is 4.79 Å². The predicted molar refractivity (Wildman–Crippen MR) is 56.9 cm³/mol. The van der Waals surface area contributed by atoms with Gasteiger partial charge in [-0.3, -0.25) is 4.79 Å². The summed E-state index contributed by atoms with van der Waals surface area (Å²) < 4.78 is 0. The van der Waals surface area contributed by atoms with Gasteiger partial charge in [-0.05, 0) is 28.8 Å². The third kappa shape index (κ3) is 1.81. The molecule has 4 heteroatoms. The SMILES string of the molecule is NCC1CCC(=O)N1Cc1ccsc1. The highest BCUT2D eigenvalue weighted by atomic mass is 32.1. The van der Waals surface area contributed by atoms with Crippen molar-refractivity contribution in [2.45, 2.75) is 25.4 Å². The molecule has 0 saturated carbocycles. The Kier molecular flexibility index (Phi) is 2.84. The summed E-state index contributed by atoms with van der Waals surface area (Å²) in [5, 5.41) is 4.12. The van der Waals surface area contributed by atoms with Crippen molar-refractivity contribution < 1.29 is 4.79 Å². The molecule has 0 spiro atoms. The summed E-state index contributed by atoms with van der Waals surface area (Å²) in [5.41, 5.74) is 6.84. The zero-order chi connectivity index (χ0) is 9.97. The highest BCUT2D eigenvalue weighted by Crippen LogP contribution is 2.21. The van der Waals surface area contributed by atoms with E-state index >= 15 is 0 Å². The average molecular weight is 210 g/mol. The smallest absolute Gasteiger partial charge is 0.223 e. The highest BCUT2D eigenvalue weighted by molar-refractivity contribution is 7.07. The van der Waals surface area contributed by atoms with Crippen molar-refractivity contribution in [1.29, 1.82) is 0 Å². The lowest BCUT2D eigenvalue weighted by atomic mass is 10.2. The van der Waals surface area contributed by atoms with Crippen LogP contribution >= 0.6 is 11.3 Å². The fraction of sp³-hybridized carbons (Fsp3) is 0.500. The fourth-order valence-corrected chi connectivity index (χ4v) is 2.49. The Morgan fingerprint density at radius 1 is 1.64 bits per heavy atom. The van der Waals surface area contributed by atoms with Gasteiger partial charge in [0.2, 0.25) is 5.91 Å². The molecule has 1 saturated heterocycles. The molecule has 2 heterocycles. The number of carbonyl (C=O) groups is 1. The van der Waals surface area contributed by atoms with Crippen molar-refractivity contribution in [3.8, 4) is 0 Å².